The highest BCUT2D eigenvalue weighted by molar-refractivity contribution is 7.99. The maximum Gasteiger partial charge on any atom is 0.237 e. The molecule has 0 radical (unpaired) electrons. The number of rotatable bonds is 7. The van der Waals surface area contributed by atoms with E-state index in [1.54, 1.807) is 18.7 Å². The minimum Gasteiger partial charge on any atom is -0.396 e. The van der Waals surface area contributed by atoms with E-state index in [1.165, 1.54) is 0 Å². The highest BCUT2D eigenvalue weighted by atomic mass is 35.5. The molecule has 3 nitrogen and oxygen atoms in total. The first kappa shape index (κ1) is 13.1. The molecule has 0 saturated carbocycles. The zero-order chi connectivity index (χ0) is 10.1. The van der Waals surface area contributed by atoms with Crippen LogP contribution in [0.1, 0.15) is 13.3 Å². The third-order valence-corrected chi connectivity index (χ3v) is 2.62. The lowest BCUT2D eigenvalue weighted by Crippen LogP contribution is -2.31. The average Bonchev–Trinajstić information content (AvgIpc) is 2.10. The first-order valence-corrected chi connectivity index (χ1v) is 5.88. The van der Waals surface area contributed by atoms with Crippen LogP contribution < -0.4 is 5.32 Å². The summed E-state index contributed by atoms with van der Waals surface area (Å²) in [5.41, 5.74) is 0. The zero-order valence-electron chi connectivity index (χ0n) is 7.75. The Morgan fingerprint density at radius 2 is 2.31 bits per heavy atom. The monoisotopic (exact) mass is 225 g/mol. The largest absolute Gasteiger partial charge is 0.396 e. The fourth-order valence-electron chi connectivity index (χ4n) is 0.656. The molecule has 0 bridgehead atoms. The molecule has 0 aromatic heterocycles. The van der Waals surface area contributed by atoms with Gasteiger partial charge in [-0.3, -0.25) is 4.79 Å². The molecule has 1 amide bonds. The Kier molecular flexibility index (Phi) is 8.71. The second kappa shape index (κ2) is 8.66. The highest BCUT2D eigenvalue weighted by Gasteiger charge is 2.06. The van der Waals surface area contributed by atoms with Gasteiger partial charge in [0.1, 0.15) is 5.38 Å². The van der Waals surface area contributed by atoms with Crippen LogP contribution in [-0.4, -0.2) is 41.0 Å². The van der Waals surface area contributed by atoms with Gasteiger partial charge in [0.05, 0.1) is 0 Å². The summed E-state index contributed by atoms with van der Waals surface area (Å²) in [4.78, 5) is 10.9. The summed E-state index contributed by atoms with van der Waals surface area (Å²) in [6.45, 7) is 2.53. The van der Waals surface area contributed by atoms with Crippen molar-refractivity contribution < 1.29 is 9.90 Å². The lowest BCUT2D eigenvalue weighted by atomic mass is 10.4. The molecule has 0 saturated heterocycles. The normalized spacial score (nSPS) is 12.5. The number of carbonyl (C=O) groups is 1. The van der Waals surface area contributed by atoms with Crippen LogP contribution in [0.25, 0.3) is 0 Å². The maximum atomic E-state index is 10.9. The second-order valence-corrected chi connectivity index (χ2v) is 4.48. The summed E-state index contributed by atoms with van der Waals surface area (Å²) in [5.74, 6) is 1.68. The lowest BCUT2D eigenvalue weighted by molar-refractivity contribution is -0.120. The van der Waals surface area contributed by atoms with E-state index in [4.69, 9.17) is 16.7 Å². The number of hydrogen-bond donors (Lipinski definition) is 2. The smallest absolute Gasteiger partial charge is 0.237 e. The number of aliphatic hydroxyl groups excluding tert-OH is 1. The van der Waals surface area contributed by atoms with Crippen molar-refractivity contribution in [3.8, 4) is 0 Å². The predicted molar refractivity (Wildman–Crippen MR) is 57.4 cm³/mol. The van der Waals surface area contributed by atoms with Crippen LogP contribution in [0.3, 0.4) is 0 Å². The first-order valence-electron chi connectivity index (χ1n) is 4.29. The molecule has 0 heterocycles. The molecule has 5 heteroatoms. The van der Waals surface area contributed by atoms with E-state index in [1.807, 2.05) is 0 Å². The standard InChI is InChI=1S/C8H16ClNO2S/c1-7(9)8(12)10-3-6-13-5-2-4-11/h7,11H,2-6H2,1H3,(H,10,12). The maximum absolute atomic E-state index is 10.9. The first-order chi connectivity index (χ1) is 6.18. The van der Waals surface area contributed by atoms with Gasteiger partial charge in [-0.25, -0.2) is 0 Å². The molecule has 0 aromatic carbocycles. The van der Waals surface area contributed by atoms with E-state index in [-0.39, 0.29) is 12.5 Å². The van der Waals surface area contributed by atoms with Gasteiger partial charge < -0.3 is 10.4 Å². The molecule has 0 aliphatic rings. The van der Waals surface area contributed by atoms with Gasteiger partial charge in [0.2, 0.25) is 5.91 Å². The molecule has 0 fully saturated rings. The van der Waals surface area contributed by atoms with Gasteiger partial charge in [0.25, 0.3) is 0 Å². The van der Waals surface area contributed by atoms with E-state index in [0.717, 1.165) is 17.9 Å². The molecule has 1 atom stereocenters. The molecule has 1 unspecified atom stereocenters. The molecular weight excluding hydrogens is 210 g/mol. The fourth-order valence-corrected chi connectivity index (χ4v) is 1.52. The SMILES string of the molecule is CC(Cl)C(=O)NCCSCCCO. The van der Waals surface area contributed by atoms with Gasteiger partial charge >= 0.3 is 0 Å². The molecule has 0 aromatic rings. The van der Waals surface area contributed by atoms with Crippen molar-refractivity contribution in [2.24, 2.45) is 0 Å². The van der Waals surface area contributed by atoms with Crippen LogP contribution in [0.15, 0.2) is 0 Å². The Morgan fingerprint density at radius 3 is 2.85 bits per heavy atom. The van der Waals surface area contributed by atoms with Crippen LogP contribution in [0.2, 0.25) is 0 Å². The molecule has 0 rings (SSSR count). The number of hydrogen-bond acceptors (Lipinski definition) is 3. The van der Waals surface area contributed by atoms with E-state index in [9.17, 15) is 4.79 Å². The van der Waals surface area contributed by atoms with Gasteiger partial charge in [0.15, 0.2) is 0 Å². The molecular formula is C8H16ClNO2S. The number of amides is 1. The zero-order valence-corrected chi connectivity index (χ0v) is 9.33. The number of nitrogens with one attached hydrogen (secondary N) is 1. The van der Waals surface area contributed by atoms with Gasteiger partial charge in [-0.05, 0) is 19.1 Å². The van der Waals surface area contributed by atoms with E-state index in [0.29, 0.717) is 6.54 Å². The summed E-state index contributed by atoms with van der Waals surface area (Å²) in [5, 5.41) is 10.7. The summed E-state index contributed by atoms with van der Waals surface area (Å²) >= 11 is 7.25. The van der Waals surface area contributed by atoms with Crippen molar-refractivity contribution in [2.45, 2.75) is 18.7 Å². The number of thioether (sulfide) groups is 1. The molecule has 0 spiro atoms. The van der Waals surface area contributed by atoms with Crippen molar-refractivity contribution >= 4 is 29.3 Å². The predicted octanol–water partition coefficient (Wildman–Crippen LogP) is 0.845. The summed E-state index contributed by atoms with van der Waals surface area (Å²) in [6, 6.07) is 0. The van der Waals surface area contributed by atoms with Crippen LogP contribution in [0.5, 0.6) is 0 Å². The molecule has 0 aliphatic heterocycles. The lowest BCUT2D eigenvalue weighted by Gasteiger charge is -2.05. The molecule has 0 aliphatic carbocycles. The van der Waals surface area contributed by atoms with Gasteiger partial charge in [-0.2, -0.15) is 11.8 Å². The minimum atomic E-state index is -0.456. The Bertz CT molecular complexity index is 144. The quantitative estimate of drug-likeness (QED) is 0.499. The number of halogens is 1. The third kappa shape index (κ3) is 8.40. The van der Waals surface area contributed by atoms with Crippen LogP contribution in [-0.2, 0) is 4.79 Å². The average molecular weight is 226 g/mol. The fraction of sp³-hybridized carbons (Fsp3) is 0.875. The number of alkyl halides is 1. The molecule has 2 N–H and O–H groups in total. The number of aliphatic hydroxyl groups is 1. The summed E-state index contributed by atoms with van der Waals surface area (Å²) < 4.78 is 0. The van der Waals surface area contributed by atoms with Crippen LogP contribution in [0, 0.1) is 0 Å². The Hall–Kier alpha value is 0.0700. The second-order valence-electron chi connectivity index (χ2n) is 2.60. The van der Waals surface area contributed by atoms with E-state index in [2.05, 4.69) is 5.32 Å². The Balaban J connectivity index is 3.12. The summed E-state index contributed by atoms with van der Waals surface area (Å²) in [7, 11) is 0. The van der Waals surface area contributed by atoms with Crippen LogP contribution >= 0.6 is 23.4 Å². The van der Waals surface area contributed by atoms with Crippen molar-refractivity contribution in [1.29, 1.82) is 0 Å². The van der Waals surface area contributed by atoms with Crippen molar-refractivity contribution in [3.05, 3.63) is 0 Å². The highest BCUT2D eigenvalue weighted by Crippen LogP contribution is 2.00. The Labute approximate surface area is 88.2 Å². The van der Waals surface area contributed by atoms with Gasteiger partial charge in [-0.15, -0.1) is 11.6 Å². The van der Waals surface area contributed by atoms with Gasteiger partial charge in [0, 0.05) is 18.9 Å². The topological polar surface area (TPSA) is 49.3 Å². The van der Waals surface area contributed by atoms with Crippen molar-refractivity contribution in [3.63, 3.8) is 0 Å². The van der Waals surface area contributed by atoms with E-state index >= 15 is 0 Å². The minimum absolute atomic E-state index is 0.121. The van der Waals surface area contributed by atoms with E-state index < -0.39 is 5.38 Å². The number of carbonyl (C=O) groups excluding carboxylic acids is 1. The molecule has 78 valence electrons. The van der Waals surface area contributed by atoms with Crippen molar-refractivity contribution in [2.75, 3.05) is 24.7 Å². The van der Waals surface area contributed by atoms with Gasteiger partial charge in [-0.1, -0.05) is 0 Å². The Morgan fingerprint density at radius 1 is 1.62 bits per heavy atom. The van der Waals surface area contributed by atoms with Crippen LogP contribution in [0.4, 0.5) is 0 Å². The summed E-state index contributed by atoms with van der Waals surface area (Å²) in [6.07, 6.45) is 0.810. The van der Waals surface area contributed by atoms with Crippen molar-refractivity contribution in [1.82, 2.24) is 5.32 Å². The third-order valence-electron chi connectivity index (χ3n) is 1.35. The molecule has 13 heavy (non-hydrogen) atoms.